The van der Waals surface area contributed by atoms with Crippen molar-refractivity contribution in [1.29, 1.82) is 0 Å². The molecule has 2 heterocycles. The third-order valence-electron chi connectivity index (χ3n) is 4.51. The summed E-state index contributed by atoms with van der Waals surface area (Å²) in [6.07, 6.45) is 1.44. The normalized spacial score (nSPS) is 12.2. The summed E-state index contributed by atoms with van der Waals surface area (Å²) in [7, 11) is 1.90. The Balaban J connectivity index is 1.60. The Labute approximate surface area is 155 Å². The molecule has 1 atom stereocenters. The number of nitrogens with one attached hydrogen (secondary N) is 1. The van der Waals surface area contributed by atoms with Crippen molar-refractivity contribution in [3.63, 3.8) is 0 Å². The molecule has 4 aromatic rings. The Morgan fingerprint density at radius 3 is 2.74 bits per heavy atom. The fraction of sp³-hybridized carbons (Fsp3) is 0.211. The zero-order chi connectivity index (χ0) is 18.8. The van der Waals surface area contributed by atoms with Gasteiger partial charge in [-0.3, -0.25) is 9.48 Å². The van der Waals surface area contributed by atoms with Crippen LogP contribution >= 0.6 is 0 Å². The maximum absolute atomic E-state index is 13.0. The summed E-state index contributed by atoms with van der Waals surface area (Å²) in [5.41, 5.74) is 3.82. The molecule has 0 unspecified atom stereocenters. The van der Waals surface area contributed by atoms with Gasteiger partial charge in [0.25, 0.3) is 0 Å². The summed E-state index contributed by atoms with van der Waals surface area (Å²) in [6.45, 7) is 2.36. The molecule has 8 nitrogen and oxygen atoms in total. The summed E-state index contributed by atoms with van der Waals surface area (Å²) in [5, 5.41) is 19.8. The smallest absolute Gasteiger partial charge is 0.249 e. The number of fused-ring (bicyclic) bond motifs is 1. The second-order valence-corrected chi connectivity index (χ2v) is 6.41. The summed E-state index contributed by atoms with van der Waals surface area (Å²) < 4.78 is 3.28. The number of aryl methyl sites for hydroxylation is 2. The highest BCUT2D eigenvalue weighted by molar-refractivity contribution is 5.85. The first-order valence-electron chi connectivity index (χ1n) is 8.61. The van der Waals surface area contributed by atoms with Crippen LogP contribution in [-0.2, 0) is 18.4 Å². The maximum Gasteiger partial charge on any atom is 0.249 e. The van der Waals surface area contributed by atoms with Crippen LogP contribution in [0, 0.1) is 6.92 Å². The monoisotopic (exact) mass is 361 g/mol. The second kappa shape index (κ2) is 6.99. The molecule has 2 aromatic heterocycles. The van der Waals surface area contributed by atoms with E-state index in [9.17, 15) is 4.79 Å². The number of carbonyl (C=O) groups is 1. The molecule has 136 valence electrons. The summed E-state index contributed by atoms with van der Waals surface area (Å²) in [6, 6.07) is 15.0. The van der Waals surface area contributed by atoms with Crippen molar-refractivity contribution >= 4 is 16.8 Å². The molecule has 0 radical (unpaired) electrons. The molecule has 0 saturated carbocycles. The number of hydrogen-bond donors (Lipinski definition) is 1. The van der Waals surface area contributed by atoms with Gasteiger partial charge in [0.1, 0.15) is 6.33 Å². The maximum atomic E-state index is 13.0. The van der Waals surface area contributed by atoms with Gasteiger partial charge in [-0.2, -0.15) is 5.10 Å². The minimum Gasteiger partial charge on any atom is -0.348 e. The van der Waals surface area contributed by atoms with Crippen LogP contribution in [0.25, 0.3) is 10.9 Å². The largest absolute Gasteiger partial charge is 0.348 e. The quantitative estimate of drug-likeness (QED) is 0.585. The number of hydrogen-bond acceptors (Lipinski definition) is 5. The van der Waals surface area contributed by atoms with Gasteiger partial charge in [-0.1, -0.05) is 42.0 Å². The molecule has 0 fully saturated rings. The fourth-order valence-electron chi connectivity index (χ4n) is 3.20. The molecule has 0 bridgehead atoms. The van der Waals surface area contributed by atoms with Gasteiger partial charge >= 0.3 is 0 Å². The molecule has 0 saturated heterocycles. The minimum absolute atomic E-state index is 0.194. The van der Waals surface area contributed by atoms with Gasteiger partial charge in [-0.05, 0) is 35.0 Å². The van der Waals surface area contributed by atoms with Crippen molar-refractivity contribution in [2.45, 2.75) is 19.5 Å². The van der Waals surface area contributed by atoms with Crippen LogP contribution in [0.2, 0.25) is 0 Å². The molecule has 27 heavy (non-hydrogen) atoms. The lowest BCUT2D eigenvalue weighted by Crippen LogP contribution is -2.33. The van der Waals surface area contributed by atoms with Gasteiger partial charge in [-0.15, -0.1) is 5.10 Å². The van der Waals surface area contributed by atoms with Gasteiger partial charge in [0, 0.05) is 12.4 Å². The Morgan fingerprint density at radius 2 is 2.00 bits per heavy atom. The zero-order valence-corrected chi connectivity index (χ0v) is 15.1. The molecule has 0 aliphatic rings. The number of amides is 1. The van der Waals surface area contributed by atoms with Crippen molar-refractivity contribution in [2.75, 3.05) is 0 Å². The van der Waals surface area contributed by atoms with E-state index in [0.717, 1.165) is 27.7 Å². The first-order chi connectivity index (χ1) is 13.1. The van der Waals surface area contributed by atoms with E-state index in [1.165, 1.54) is 11.0 Å². The predicted molar refractivity (Wildman–Crippen MR) is 99.7 cm³/mol. The van der Waals surface area contributed by atoms with E-state index in [2.05, 4.69) is 38.1 Å². The minimum atomic E-state index is -0.641. The molecule has 0 aliphatic carbocycles. The van der Waals surface area contributed by atoms with Crippen LogP contribution in [0.4, 0.5) is 0 Å². The van der Waals surface area contributed by atoms with E-state index >= 15 is 0 Å². The average Bonchev–Trinajstić information content (AvgIpc) is 3.30. The Hall–Kier alpha value is -3.55. The van der Waals surface area contributed by atoms with E-state index in [0.29, 0.717) is 6.54 Å². The number of tetrazole rings is 1. The van der Waals surface area contributed by atoms with Crippen molar-refractivity contribution in [3.8, 4) is 0 Å². The lowest BCUT2D eigenvalue weighted by atomic mass is 10.1. The Morgan fingerprint density at radius 1 is 1.19 bits per heavy atom. The number of aromatic nitrogens is 6. The van der Waals surface area contributed by atoms with Crippen molar-refractivity contribution in [3.05, 3.63) is 71.7 Å². The van der Waals surface area contributed by atoms with Crippen LogP contribution < -0.4 is 5.32 Å². The average molecular weight is 361 g/mol. The standard InChI is InChI=1S/C19H19N7O/c1-13-8-9-17-15(10-13)16(22-25(17)2)11-20-19(27)18(26-12-21-23-24-26)14-6-4-3-5-7-14/h3-10,12,18H,11H2,1-2H3,(H,20,27)/t18-/m1/s1. The molecule has 4 rings (SSSR count). The highest BCUT2D eigenvalue weighted by Gasteiger charge is 2.24. The second-order valence-electron chi connectivity index (χ2n) is 6.41. The summed E-state index contributed by atoms with van der Waals surface area (Å²) in [5.74, 6) is -0.194. The van der Waals surface area contributed by atoms with Crippen molar-refractivity contribution < 1.29 is 4.79 Å². The van der Waals surface area contributed by atoms with E-state index in [-0.39, 0.29) is 5.91 Å². The van der Waals surface area contributed by atoms with E-state index in [4.69, 9.17) is 0 Å². The van der Waals surface area contributed by atoms with Gasteiger partial charge in [0.15, 0.2) is 6.04 Å². The van der Waals surface area contributed by atoms with Crippen LogP contribution in [0.1, 0.15) is 22.9 Å². The van der Waals surface area contributed by atoms with Gasteiger partial charge in [0.2, 0.25) is 5.91 Å². The third-order valence-corrected chi connectivity index (χ3v) is 4.51. The highest BCUT2D eigenvalue weighted by atomic mass is 16.2. The lowest BCUT2D eigenvalue weighted by molar-refractivity contribution is -0.123. The fourth-order valence-corrected chi connectivity index (χ4v) is 3.20. The molecule has 0 aliphatic heterocycles. The first kappa shape index (κ1) is 16.9. The number of carbonyl (C=O) groups excluding carboxylic acids is 1. The van der Waals surface area contributed by atoms with Crippen LogP contribution in [-0.4, -0.2) is 35.9 Å². The first-order valence-corrected chi connectivity index (χ1v) is 8.61. The Kier molecular flexibility index (Phi) is 4.37. The van der Waals surface area contributed by atoms with Crippen LogP contribution in [0.3, 0.4) is 0 Å². The Bertz CT molecular complexity index is 1070. The molecular weight excluding hydrogens is 342 g/mol. The number of benzene rings is 2. The summed E-state index contributed by atoms with van der Waals surface area (Å²) >= 11 is 0. The topological polar surface area (TPSA) is 90.5 Å². The van der Waals surface area contributed by atoms with E-state index in [1.54, 1.807) is 0 Å². The number of rotatable bonds is 5. The zero-order valence-electron chi connectivity index (χ0n) is 15.1. The SMILES string of the molecule is Cc1ccc2c(c1)c(CNC(=O)[C@@H](c1ccccc1)n1cnnn1)nn2C. The summed E-state index contributed by atoms with van der Waals surface area (Å²) in [4.78, 5) is 13.0. The van der Waals surface area contributed by atoms with Crippen LogP contribution in [0.15, 0.2) is 54.9 Å². The molecular formula is C19H19N7O. The van der Waals surface area contributed by atoms with Gasteiger partial charge in [0.05, 0.1) is 17.8 Å². The van der Waals surface area contributed by atoms with Gasteiger partial charge < -0.3 is 5.32 Å². The molecule has 1 amide bonds. The van der Waals surface area contributed by atoms with Crippen molar-refractivity contribution in [2.24, 2.45) is 7.05 Å². The molecule has 8 heteroatoms. The molecule has 2 aromatic carbocycles. The lowest BCUT2D eigenvalue weighted by Gasteiger charge is -2.16. The highest BCUT2D eigenvalue weighted by Crippen LogP contribution is 2.21. The number of nitrogens with zero attached hydrogens (tertiary/aromatic N) is 6. The predicted octanol–water partition coefficient (Wildman–Crippen LogP) is 1.77. The van der Waals surface area contributed by atoms with E-state index < -0.39 is 6.04 Å². The third kappa shape index (κ3) is 3.29. The van der Waals surface area contributed by atoms with Crippen molar-refractivity contribution in [1.82, 2.24) is 35.3 Å². The van der Waals surface area contributed by atoms with E-state index in [1.807, 2.05) is 55.1 Å². The molecule has 0 spiro atoms. The van der Waals surface area contributed by atoms with Gasteiger partial charge in [-0.25, -0.2) is 4.68 Å². The molecule has 1 N–H and O–H groups in total. The van der Waals surface area contributed by atoms with Crippen LogP contribution in [0.5, 0.6) is 0 Å².